The molecule has 4 nitrogen and oxygen atoms in total. The Balaban J connectivity index is 1.68. The van der Waals surface area contributed by atoms with E-state index in [0.717, 1.165) is 12.6 Å². The summed E-state index contributed by atoms with van der Waals surface area (Å²) < 4.78 is 0. The monoisotopic (exact) mass is 296 g/mol. The lowest BCUT2D eigenvalue weighted by molar-refractivity contribution is 0.154. The van der Waals surface area contributed by atoms with Crippen molar-refractivity contribution in [3.8, 4) is 0 Å². The first-order valence-electron chi connectivity index (χ1n) is 9.04. The van der Waals surface area contributed by atoms with Crippen LogP contribution in [0, 0.1) is 5.92 Å². The van der Waals surface area contributed by atoms with E-state index in [1.807, 2.05) is 0 Å². The van der Waals surface area contributed by atoms with Crippen LogP contribution in [0.1, 0.15) is 39.0 Å². The first kappa shape index (κ1) is 17.2. The Morgan fingerprint density at radius 1 is 1.00 bits per heavy atom. The van der Waals surface area contributed by atoms with E-state index < -0.39 is 0 Å². The third kappa shape index (κ3) is 5.85. The van der Waals surface area contributed by atoms with Gasteiger partial charge in [0.05, 0.1) is 0 Å². The first-order chi connectivity index (χ1) is 10.2. The molecule has 0 spiro atoms. The molecule has 0 aliphatic carbocycles. The van der Waals surface area contributed by atoms with Crippen LogP contribution >= 0.6 is 0 Å². The van der Waals surface area contributed by atoms with E-state index in [2.05, 4.69) is 28.7 Å². The first-order valence-corrected chi connectivity index (χ1v) is 9.04. The van der Waals surface area contributed by atoms with Crippen LogP contribution in [0.25, 0.3) is 0 Å². The summed E-state index contributed by atoms with van der Waals surface area (Å²) in [7, 11) is 2.31. The van der Waals surface area contributed by atoms with E-state index in [4.69, 9.17) is 5.73 Å². The zero-order valence-electron chi connectivity index (χ0n) is 14.3. The lowest BCUT2D eigenvalue weighted by atomic mass is 10.00. The molecule has 2 saturated heterocycles. The molecule has 4 heteroatoms. The Morgan fingerprint density at radius 2 is 1.76 bits per heavy atom. The highest BCUT2D eigenvalue weighted by Gasteiger charge is 2.21. The number of nitrogens with zero attached hydrogens (tertiary/aromatic N) is 3. The second-order valence-electron chi connectivity index (χ2n) is 7.26. The zero-order valence-corrected chi connectivity index (χ0v) is 14.3. The fourth-order valence-electron chi connectivity index (χ4n) is 3.79. The molecule has 2 unspecified atom stereocenters. The van der Waals surface area contributed by atoms with E-state index in [1.54, 1.807) is 0 Å². The Hall–Kier alpha value is -0.160. The van der Waals surface area contributed by atoms with E-state index in [9.17, 15) is 0 Å². The summed E-state index contributed by atoms with van der Waals surface area (Å²) in [5.74, 6) is 0.632. The van der Waals surface area contributed by atoms with Gasteiger partial charge in [-0.15, -0.1) is 0 Å². The molecule has 0 aromatic carbocycles. The normalized spacial score (nSPS) is 28.4. The number of nitrogens with two attached hydrogens (primary N) is 1. The summed E-state index contributed by atoms with van der Waals surface area (Å²) in [5.41, 5.74) is 5.76. The molecule has 0 radical (unpaired) electrons. The van der Waals surface area contributed by atoms with E-state index in [1.165, 1.54) is 77.9 Å². The highest BCUT2D eigenvalue weighted by Crippen LogP contribution is 2.18. The van der Waals surface area contributed by atoms with Crippen molar-refractivity contribution >= 4 is 0 Å². The number of hydrogen-bond donors (Lipinski definition) is 1. The Morgan fingerprint density at radius 3 is 2.52 bits per heavy atom. The molecule has 2 aliphatic rings. The average molecular weight is 297 g/mol. The van der Waals surface area contributed by atoms with Gasteiger partial charge in [-0.05, 0) is 71.4 Å². The molecular weight excluding hydrogens is 260 g/mol. The molecule has 2 rings (SSSR count). The van der Waals surface area contributed by atoms with Gasteiger partial charge in [-0.2, -0.15) is 0 Å². The maximum atomic E-state index is 5.76. The summed E-state index contributed by atoms with van der Waals surface area (Å²) in [4.78, 5) is 7.89. The number of piperidine rings is 1. The highest BCUT2D eigenvalue weighted by atomic mass is 15.2. The SMILES string of the molecule is CC(CN)CN1CCCN(CCC2CCCCN2C)CC1. The predicted octanol–water partition coefficient (Wildman–Crippen LogP) is 1.46. The zero-order chi connectivity index (χ0) is 15.1. The van der Waals surface area contributed by atoms with Crippen molar-refractivity contribution < 1.29 is 0 Å². The van der Waals surface area contributed by atoms with Crippen LogP contribution in [-0.2, 0) is 0 Å². The van der Waals surface area contributed by atoms with E-state index in [0.29, 0.717) is 5.92 Å². The van der Waals surface area contributed by atoms with E-state index in [-0.39, 0.29) is 0 Å². The fourth-order valence-corrected chi connectivity index (χ4v) is 3.79. The van der Waals surface area contributed by atoms with Gasteiger partial charge in [0.25, 0.3) is 0 Å². The molecule has 2 heterocycles. The van der Waals surface area contributed by atoms with Crippen molar-refractivity contribution in [2.45, 2.75) is 45.1 Å². The third-order valence-electron chi connectivity index (χ3n) is 5.35. The molecular formula is C17H36N4. The van der Waals surface area contributed by atoms with Crippen LogP contribution in [0.15, 0.2) is 0 Å². The van der Waals surface area contributed by atoms with Crippen molar-refractivity contribution in [3.05, 3.63) is 0 Å². The van der Waals surface area contributed by atoms with Gasteiger partial charge in [-0.3, -0.25) is 0 Å². The average Bonchev–Trinajstić information content (AvgIpc) is 2.72. The summed E-state index contributed by atoms with van der Waals surface area (Å²) in [6.45, 7) is 11.9. The molecule has 2 N–H and O–H groups in total. The molecule has 124 valence electrons. The molecule has 0 aromatic rings. The largest absolute Gasteiger partial charge is 0.330 e. The fraction of sp³-hybridized carbons (Fsp3) is 1.00. The molecule has 2 aliphatic heterocycles. The van der Waals surface area contributed by atoms with Crippen LogP contribution in [0.3, 0.4) is 0 Å². The summed E-state index contributed by atoms with van der Waals surface area (Å²) in [6, 6.07) is 0.829. The van der Waals surface area contributed by atoms with Crippen LogP contribution in [-0.4, -0.2) is 80.1 Å². The van der Waals surface area contributed by atoms with Gasteiger partial charge in [0.1, 0.15) is 0 Å². The van der Waals surface area contributed by atoms with Crippen LogP contribution in [0.5, 0.6) is 0 Å². The van der Waals surface area contributed by atoms with Crippen molar-refractivity contribution in [3.63, 3.8) is 0 Å². The Labute approximate surface area is 131 Å². The predicted molar refractivity (Wildman–Crippen MR) is 90.6 cm³/mol. The van der Waals surface area contributed by atoms with Gasteiger partial charge >= 0.3 is 0 Å². The van der Waals surface area contributed by atoms with Crippen molar-refractivity contribution in [1.82, 2.24) is 14.7 Å². The maximum absolute atomic E-state index is 5.76. The second kappa shape index (κ2) is 9.09. The number of hydrogen-bond acceptors (Lipinski definition) is 4. The highest BCUT2D eigenvalue weighted by molar-refractivity contribution is 4.77. The third-order valence-corrected chi connectivity index (χ3v) is 5.35. The number of likely N-dealkylation sites (tertiary alicyclic amines) is 1. The number of rotatable bonds is 6. The standard InChI is InChI=1S/C17H36N4/c1-16(14-18)15-21-10-5-9-20(12-13-21)11-7-17-6-3-4-8-19(17)2/h16-17H,3-15,18H2,1-2H3. The quantitative estimate of drug-likeness (QED) is 0.805. The lowest BCUT2D eigenvalue weighted by Gasteiger charge is -2.34. The molecule has 2 fully saturated rings. The minimum absolute atomic E-state index is 0.632. The minimum Gasteiger partial charge on any atom is -0.330 e. The van der Waals surface area contributed by atoms with Crippen LogP contribution in [0.2, 0.25) is 0 Å². The van der Waals surface area contributed by atoms with E-state index >= 15 is 0 Å². The van der Waals surface area contributed by atoms with Gasteiger partial charge in [0.15, 0.2) is 0 Å². The topological polar surface area (TPSA) is 35.7 Å². The minimum atomic E-state index is 0.632. The lowest BCUT2D eigenvalue weighted by Crippen LogP contribution is -2.40. The Kier molecular flexibility index (Phi) is 7.44. The van der Waals surface area contributed by atoms with Crippen LogP contribution < -0.4 is 5.73 Å². The van der Waals surface area contributed by atoms with Crippen LogP contribution in [0.4, 0.5) is 0 Å². The van der Waals surface area contributed by atoms with Crippen molar-refractivity contribution in [2.24, 2.45) is 11.7 Å². The Bertz CT molecular complexity index is 284. The molecule has 2 atom stereocenters. The summed E-state index contributed by atoms with van der Waals surface area (Å²) in [6.07, 6.45) is 6.91. The molecule has 0 bridgehead atoms. The van der Waals surface area contributed by atoms with Gasteiger partial charge in [-0.25, -0.2) is 0 Å². The summed E-state index contributed by atoms with van der Waals surface area (Å²) >= 11 is 0. The van der Waals surface area contributed by atoms with Gasteiger partial charge in [0.2, 0.25) is 0 Å². The van der Waals surface area contributed by atoms with Gasteiger partial charge < -0.3 is 20.4 Å². The van der Waals surface area contributed by atoms with Crippen molar-refractivity contribution in [2.75, 3.05) is 59.4 Å². The van der Waals surface area contributed by atoms with Gasteiger partial charge in [-0.1, -0.05) is 13.3 Å². The maximum Gasteiger partial charge on any atom is 0.0109 e. The molecule has 0 aromatic heterocycles. The summed E-state index contributed by atoms with van der Waals surface area (Å²) in [5, 5.41) is 0. The molecule has 0 amide bonds. The van der Waals surface area contributed by atoms with Gasteiger partial charge in [0, 0.05) is 25.7 Å². The smallest absolute Gasteiger partial charge is 0.0109 e. The molecule has 21 heavy (non-hydrogen) atoms. The van der Waals surface area contributed by atoms with Crippen molar-refractivity contribution in [1.29, 1.82) is 0 Å². The second-order valence-corrected chi connectivity index (χ2v) is 7.26. The molecule has 0 saturated carbocycles.